The topological polar surface area (TPSA) is 34.9 Å². The Hall–Kier alpha value is -1.68. The summed E-state index contributed by atoms with van der Waals surface area (Å²) in [6, 6.07) is 5.83. The van der Waals surface area contributed by atoms with Crippen LogP contribution in [0.5, 0.6) is 0 Å². The molecule has 88 valence electrons. The minimum Gasteiger partial charge on any atom is -0.295 e. The van der Waals surface area contributed by atoms with Crippen LogP contribution in [0.3, 0.4) is 0 Å². The SMILES string of the molecule is Cc1cc(=O)n(Cc2c(F)cccc2Cl)cn1. The van der Waals surface area contributed by atoms with E-state index in [9.17, 15) is 9.18 Å². The van der Waals surface area contributed by atoms with Gasteiger partial charge in [-0.1, -0.05) is 17.7 Å². The number of hydrogen-bond donors (Lipinski definition) is 0. The van der Waals surface area contributed by atoms with Crippen molar-refractivity contribution in [2.24, 2.45) is 0 Å². The molecule has 0 saturated carbocycles. The third-order valence-corrected chi connectivity index (χ3v) is 2.76. The Morgan fingerprint density at radius 2 is 2.24 bits per heavy atom. The van der Waals surface area contributed by atoms with Gasteiger partial charge >= 0.3 is 0 Å². The van der Waals surface area contributed by atoms with Crippen molar-refractivity contribution in [3.63, 3.8) is 0 Å². The summed E-state index contributed by atoms with van der Waals surface area (Å²) in [6.07, 6.45) is 1.39. The van der Waals surface area contributed by atoms with Crippen LogP contribution in [0.25, 0.3) is 0 Å². The highest BCUT2D eigenvalue weighted by molar-refractivity contribution is 6.31. The molecule has 0 N–H and O–H groups in total. The minimum atomic E-state index is -0.426. The molecule has 0 aliphatic carbocycles. The van der Waals surface area contributed by atoms with E-state index < -0.39 is 5.82 Å². The Bertz CT molecular complexity index is 589. The molecule has 1 aromatic carbocycles. The van der Waals surface area contributed by atoms with E-state index in [2.05, 4.69) is 4.98 Å². The van der Waals surface area contributed by atoms with Gasteiger partial charge in [0, 0.05) is 22.3 Å². The predicted octanol–water partition coefficient (Wildman–Crippen LogP) is 2.39. The molecule has 0 atom stereocenters. The Balaban J connectivity index is 2.42. The highest BCUT2D eigenvalue weighted by Crippen LogP contribution is 2.19. The fourth-order valence-corrected chi connectivity index (χ4v) is 1.71. The second-order valence-electron chi connectivity index (χ2n) is 3.70. The number of aromatic nitrogens is 2. The van der Waals surface area contributed by atoms with Crippen molar-refractivity contribution < 1.29 is 4.39 Å². The quantitative estimate of drug-likeness (QED) is 0.823. The Morgan fingerprint density at radius 1 is 1.47 bits per heavy atom. The van der Waals surface area contributed by atoms with Crippen LogP contribution in [0.4, 0.5) is 4.39 Å². The zero-order chi connectivity index (χ0) is 12.4. The smallest absolute Gasteiger partial charge is 0.253 e. The number of halogens is 2. The first kappa shape index (κ1) is 11.8. The van der Waals surface area contributed by atoms with E-state index >= 15 is 0 Å². The summed E-state index contributed by atoms with van der Waals surface area (Å²) in [6.45, 7) is 1.80. The van der Waals surface area contributed by atoms with Crippen LogP contribution < -0.4 is 5.56 Å². The van der Waals surface area contributed by atoms with E-state index in [0.717, 1.165) is 0 Å². The maximum absolute atomic E-state index is 13.5. The van der Waals surface area contributed by atoms with E-state index in [1.165, 1.54) is 29.1 Å². The Labute approximate surface area is 102 Å². The van der Waals surface area contributed by atoms with Crippen molar-refractivity contribution in [2.45, 2.75) is 13.5 Å². The monoisotopic (exact) mass is 252 g/mol. The van der Waals surface area contributed by atoms with Gasteiger partial charge in [0.15, 0.2) is 0 Å². The average Bonchev–Trinajstić information content (AvgIpc) is 2.26. The van der Waals surface area contributed by atoms with Crippen LogP contribution >= 0.6 is 11.6 Å². The number of nitrogens with zero attached hydrogens (tertiary/aromatic N) is 2. The van der Waals surface area contributed by atoms with Crippen LogP contribution in [-0.2, 0) is 6.54 Å². The molecule has 0 saturated heterocycles. The van der Waals surface area contributed by atoms with Crippen molar-refractivity contribution in [2.75, 3.05) is 0 Å². The van der Waals surface area contributed by atoms with Crippen LogP contribution in [0.1, 0.15) is 11.3 Å². The second kappa shape index (κ2) is 4.67. The predicted molar refractivity (Wildman–Crippen MR) is 63.7 cm³/mol. The number of aryl methyl sites for hydroxylation is 1. The fraction of sp³-hybridized carbons (Fsp3) is 0.167. The third-order valence-electron chi connectivity index (χ3n) is 2.41. The molecule has 2 rings (SSSR count). The lowest BCUT2D eigenvalue weighted by Crippen LogP contribution is -2.21. The molecule has 0 bridgehead atoms. The van der Waals surface area contributed by atoms with Gasteiger partial charge in [-0.25, -0.2) is 9.37 Å². The third kappa shape index (κ3) is 2.53. The standard InChI is InChI=1S/C12H10ClFN2O/c1-8-5-12(17)16(7-15-8)6-9-10(13)3-2-4-11(9)14/h2-5,7H,6H2,1H3. The molecule has 0 aliphatic heterocycles. The molecular formula is C12H10ClFN2O. The molecule has 17 heavy (non-hydrogen) atoms. The maximum atomic E-state index is 13.5. The molecule has 0 aliphatic rings. The molecule has 0 radical (unpaired) electrons. The molecule has 0 fully saturated rings. The zero-order valence-corrected chi connectivity index (χ0v) is 9.91. The highest BCUT2D eigenvalue weighted by Gasteiger charge is 2.08. The summed E-state index contributed by atoms with van der Waals surface area (Å²) < 4.78 is 14.8. The normalized spacial score (nSPS) is 10.5. The lowest BCUT2D eigenvalue weighted by atomic mass is 10.2. The van der Waals surface area contributed by atoms with Crippen LogP contribution in [0, 0.1) is 12.7 Å². The summed E-state index contributed by atoms with van der Waals surface area (Å²) in [4.78, 5) is 15.6. The van der Waals surface area contributed by atoms with Gasteiger partial charge in [-0.15, -0.1) is 0 Å². The van der Waals surface area contributed by atoms with Gasteiger partial charge in [-0.05, 0) is 19.1 Å². The highest BCUT2D eigenvalue weighted by atomic mass is 35.5. The van der Waals surface area contributed by atoms with E-state index in [4.69, 9.17) is 11.6 Å². The molecule has 3 nitrogen and oxygen atoms in total. The fourth-order valence-electron chi connectivity index (χ4n) is 1.49. The van der Waals surface area contributed by atoms with Crippen LogP contribution in [-0.4, -0.2) is 9.55 Å². The van der Waals surface area contributed by atoms with Gasteiger partial charge in [0.05, 0.1) is 12.9 Å². The lowest BCUT2D eigenvalue weighted by Gasteiger charge is -2.08. The molecule has 2 aromatic rings. The molecule has 1 heterocycles. The summed E-state index contributed by atoms with van der Waals surface area (Å²) in [5, 5.41) is 0.303. The molecule has 0 amide bonds. The number of rotatable bonds is 2. The van der Waals surface area contributed by atoms with Gasteiger partial charge in [0.2, 0.25) is 0 Å². The number of hydrogen-bond acceptors (Lipinski definition) is 2. The van der Waals surface area contributed by atoms with E-state index in [1.807, 2.05) is 0 Å². The molecule has 0 spiro atoms. The Morgan fingerprint density at radius 3 is 2.88 bits per heavy atom. The van der Waals surface area contributed by atoms with Gasteiger partial charge in [0.25, 0.3) is 5.56 Å². The second-order valence-corrected chi connectivity index (χ2v) is 4.10. The first-order chi connectivity index (χ1) is 8.08. The van der Waals surface area contributed by atoms with Crippen molar-refractivity contribution >= 4 is 11.6 Å². The van der Waals surface area contributed by atoms with Gasteiger partial charge in [-0.2, -0.15) is 0 Å². The Kier molecular flexibility index (Phi) is 3.24. The van der Waals surface area contributed by atoms with Gasteiger partial charge in [0.1, 0.15) is 5.82 Å². The molecule has 1 aromatic heterocycles. The number of benzene rings is 1. The zero-order valence-electron chi connectivity index (χ0n) is 9.15. The van der Waals surface area contributed by atoms with Crippen LogP contribution in [0.2, 0.25) is 5.02 Å². The van der Waals surface area contributed by atoms with Crippen molar-refractivity contribution in [3.8, 4) is 0 Å². The lowest BCUT2D eigenvalue weighted by molar-refractivity contribution is 0.594. The van der Waals surface area contributed by atoms with Crippen molar-refractivity contribution in [3.05, 3.63) is 63.0 Å². The summed E-state index contributed by atoms with van der Waals surface area (Å²) in [7, 11) is 0. The summed E-state index contributed by atoms with van der Waals surface area (Å²) in [5.41, 5.74) is 0.699. The van der Waals surface area contributed by atoms with Crippen molar-refractivity contribution in [1.29, 1.82) is 0 Å². The average molecular weight is 253 g/mol. The van der Waals surface area contributed by atoms with E-state index in [-0.39, 0.29) is 12.1 Å². The molecule has 0 unspecified atom stereocenters. The minimum absolute atomic E-state index is 0.0810. The van der Waals surface area contributed by atoms with Gasteiger partial charge < -0.3 is 0 Å². The first-order valence-electron chi connectivity index (χ1n) is 5.04. The summed E-state index contributed by atoms with van der Waals surface area (Å²) >= 11 is 5.89. The summed E-state index contributed by atoms with van der Waals surface area (Å²) in [5.74, 6) is -0.426. The largest absolute Gasteiger partial charge is 0.295 e. The first-order valence-corrected chi connectivity index (χ1v) is 5.41. The maximum Gasteiger partial charge on any atom is 0.253 e. The van der Waals surface area contributed by atoms with E-state index in [0.29, 0.717) is 16.3 Å². The molecule has 5 heteroatoms. The van der Waals surface area contributed by atoms with Crippen molar-refractivity contribution in [1.82, 2.24) is 9.55 Å². The van der Waals surface area contributed by atoms with Gasteiger partial charge in [-0.3, -0.25) is 9.36 Å². The molecular weight excluding hydrogens is 243 g/mol. The van der Waals surface area contributed by atoms with E-state index in [1.54, 1.807) is 13.0 Å². The van der Waals surface area contributed by atoms with Crippen LogP contribution in [0.15, 0.2) is 35.4 Å².